The first-order valence-electron chi connectivity index (χ1n) is 6.61. The lowest BCUT2D eigenvalue weighted by Gasteiger charge is -2.38. The molecule has 1 fully saturated rings. The molecular weight excluding hydrogens is 290 g/mol. The van der Waals surface area contributed by atoms with Crippen LogP contribution in [-0.2, 0) is 9.59 Å². The van der Waals surface area contributed by atoms with Crippen molar-refractivity contribution in [3.05, 3.63) is 11.4 Å². The van der Waals surface area contributed by atoms with Crippen LogP contribution >= 0.6 is 11.8 Å². The van der Waals surface area contributed by atoms with Crippen LogP contribution in [0.3, 0.4) is 0 Å². The third-order valence-corrected chi connectivity index (χ3v) is 5.09. The zero-order valence-corrected chi connectivity index (χ0v) is 12.3. The van der Waals surface area contributed by atoms with Crippen LogP contribution in [0.4, 0.5) is 0 Å². The molecule has 0 bridgehead atoms. The molecule has 1 aliphatic heterocycles. The maximum Gasteiger partial charge on any atom is 0.228 e. The second-order valence-electron chi connectivity index (χ2n) is 5.28. The Hall–Kier alpha value is -2.01. The lowest BCUT2D eigenvalue weighted by Crippen LogP contribution is -2.46. The molecule has 1 aliphatic carbocycles. The first-order valence-corrected chi connectivity index (χ1v) is 7.60. The van der Waals surface area contributed by atoms with E-state index in [2.05, 4.69) is 11.1 Å². The summed E-state index contributed by atoms with van der Waals surface area (Å²) >= 11 is 1.07. The molecular formula is C13H17N5O2S. The van der Waals surface area contributed by atoms with Crippen LogP contribution in [-0.4, -0.2) is 22.6 Å². The Morgan fingerprint density at radius 1 is 1.38 bits per heavy atom. The van der Waals surface area contributed by atoms with E-state index in [4.69, 9.17) is 17.2 Å². The van der Waals surface area contributed by atoms with E-state index in [0.29, 0.717) is 23.5 Å². The minimum atomic E-state index is -0.716. The Morgan fingerprint density at radius 2 is 2.00 bits per heavy atom. The van der Waals surface area contributed by atoms with Gasteiger partial charge < -0.3 is 17.2 Å². The number of amides is 2. The molecule has 0 saturated heterocycles. The first kappa shape index (κ1) is 15.4. The summed E-state index contributed by atoms with van der Waals surface area (Å²) in [7, 11) is 0. The van der Waals surface area contributed by atoms with Gasteiger partial charge in [0.05, 0.1) is 28.4 Å². The highest BCUT2D eigenvalue weighted by molar-refractivity contribution is 8.14. The molecule has 0 radical (unpaired) electrons. The second kappa shape index (κ2) is 5.77. The number of thioether (sulfide) groups is 1. The van der Waals surface area contributed by atoms with Gasteiger partial charge in [-0.1, -0.05) is 24.6 Å². The number of aliphatic imine (C=N–C) groups is 1. The van der Waals surface area contributed by atoms with Crippen molar-refractivity contribution in [3.8, 4) is 6.07 Å². The van der Waals surface area contributed by atoms with E-state index in [0.717, 1.165) is 24.6 Å². The van der Waals surface area contributed by atoms with Gasteiger partial charge in [0.1, 0.15) is 5.82 Å². The van der Waals surface area contributed by atoms with Gasteiger partial charge in [0, 0.05) is 5.41 Å². The van der Waals surface area contributed by atoms with Crippen molar-refractivity contribution in [2.75, 3.05) is 5.75 Å². The Balaban J connectivity index is 2.49. The average Bonchev–Trinajstić information content (AvgIpc) is 2.85. The van der Waals surface area contributed by atoms with Crippen molar-refractivity contribution in [2.45, 2.75) is 25.7 Å². The fourth-order valence-corrected chi connectivity index (χ4v) is 4.20. The number of allylic oxidation sites excluding steroid dienone is 1. The van der Waals surface area contributed by atoms with Crippen LogP contribution in [0.1, 0.15) is 25.7 Å². The predicted molar refractivity (Wildman–Crippen MR) is 79.5 cm³/mol. The van der Waals surface area contributed by atoms with E-state index in [-0.39, 0.29) is 11.6 Å². The average molecular weight is 307 g/mol. The van der Waals surface area contributed by atoms with Gasteiger partial charge in [0.25, 0.3) is 0 Å². The van der Waals surface area contributed by atoms with E-state index in [9.17, 15) is 14.9 Å². The topological polar surface area (TPSA) is 148 Å². The van der Waals surface area contributed by atoms with Gasteiger partial charge in [-0.05, 0) is 12.8 Å². The highest BCUT2D eigenvalue weighted by Crippen LogP contribution is 2.53. The van der Waals surface area contributed by atoms with E-state index in [1.165, 1.54) is 0 Å². The number of nitriles is 1. The fraction of sp³-hybridized carbons (Fsp3) is 0.538. The minimum absolute atomic E-state index is 0.00609. The third kappa shape index (κ3) is 2.61. The van der Waals surface area contributed by atoms with Crippen molar-refractivity contribution in [1.29, 1.82) is 5.26 Å². The monoisotopic (exact) mass is 307 g/mol. The molecule has 7 nitrogen and oxygen atoms in total. The normalized spacial score (nSPS) is 23.8. The number of rotatable bonds is 3. The SMILES string of the molecule is N#CC1=C(N)N=C(SCC(N)=O)C(C(N)=O)C12CCCC2. The third-order valence-electron chi connectivity index (χ3n) is 4.04. The quantitative estimate of drug-likeness (QED) is 0.669. The smallest absolute Gasteiger partial charge is 0.228 e. The molecule has 1 saturated carbocycles. The zero-order chi connectivity index (χ0) is 15.6. The van der Waals surface area contributed by atoms with Gasteiger partial charge in [-0.15, -0.1) is 0 Å². The van der Waals surface area contributed by atoms with Crippen LogP contribution in [0.25, 0.3) is 0 Å². The van der Waals surface area contributed by atoms with E-state index < -0.39 is 23.1 Å². The number of carbonyl (C=O) groups excluding carboxylic acids is 2. The largest absolute Gasteiger partial charge is 0.383 e. The lowest BCUT2D eigenvalue weighted by atomic mass is 9.67. The molecule has 8 heteroatoms. The van der Waals surface area contributed by atoms with Gasteiger partial charge in [-0.2, -0.15) is 5.26 Å². The Kier molecular flexibility index (Phi) is 4.23. The van der Waals surface area contributed by atoms with E-state index in [1.54, 1.807) is 0 Å². The van der Waals surface area contributed by atoms with Crippen molar-refractivity contribution < 1.29 is 9.59 Å². The molecule has 1 heterocycles. The maximum atomic E-state index is 12.0. The molecule has 0 aromatic heterocycles. The molecule has 21 heavy (non-hydrogen) atoms. The van der Waals surface area contributed by atoms with Crippen LogP contribution in [0, 0.1) is 22.7 Å². The number of hydrogen-bond acceptors (Lipinski definition) is 6. The number of nitrogens with zero attached hydrogens (tertiary/aromatic N) is 2. The molecule has 6 N–H and O–H groups in total. The summed E-state index contributed by atoms with van der Waals surface area (Å²) in [6.45, 7) is 0. The molecule has 112 valence electrons. The van der Waals surface area contributed by atoms with Gasteiger partial charge >= 0.3 is 0 Å². The maximum absolute atomic E-state index is 12.0. The van der Waals surface area contributed by atoms with Crippen LogP contribution in [0.5, 0.6) is 0 Å². The number of carbonyl (C=O) groups is 2. The summed E-state index contributed by atoms with van der Waals surface area (Å²) in [4.78, 5) is 27.1. The number of hydrogen-bond donors (Lipinski definition) is 3. The second-order valence-corrected chi connectivity index (χ2v) is 6.27. The molecule has 1 atom stereocenters. The summed E-state index contributed by atoms with van der Waals surface area (Å²) in [5.41, 5.74) is 16.3. The summed E-state index contributed by atoms with van der Waals surface area (Å²) in [5.74, 6) is -1.67. The van der Waals surface area contributed by atoms with Gasteiger partial charge in [-0.3, -0.25) is 9.59 Å². The first-order chi connectivity index (χ1) is 9.92. The standard InChI is InChI=1S/C13H17N5O2S/c14-5-7-10(16)18-12(21-6-8(15)19)9(11(17)20)13(7)3-1-2-4-13/h9H,1-4,6,16H2,(H2,15,19)(H2,17,20). The lowest BCUT2D eigenvalue weighted by molar-refractivity contribution is -0.122. The Morgan fingerprint density at radius 3 is 2.48 bits per heavy atom. The highest BCUT2D eigenvalue weighted by Gasteiger charge is 2.52. The molecule has 0 aromatic rings. The highest BCUT2D eigenvalue weighted by atomic mass is 32.2. The summed E-state index contributed by atoms with van der Waals surface area (Å²) in [5, 5.41) is 9.79. The number of nitrogens with two attached hydrogens (primary N) is 3. The minimum Gasteiger partial charge on any atom is -0.383 e. The van der Waals surface area contributed by atoms with Crippen molar-refractivity contribution in [2.24, 2.45) is 33.5 Å². The Bertz CT molecular complexity index is 584. The van der Waals surface area contributed by atoms with Crippen molar-refractivity contribution in [1.82, 2.24) is 0 Å². The number of primary amides is 2. The Labute approximate surface area is 126 Å². The van der Waals surface area contributed by atoms with E-state index in [1.807, 2.05) is 0 Å². The molecule has 1 unspecified atom stereocenters. The van der Waals surface area contributed by atoms with E-state index >= 15 is 0 Å². The summed E-state index contributed by atoms with van der Waals surface area (Å²) < 4.78 is 0. The van der Waals surface area contributed by atoms with Crippen molar-refractivity contribution >= 4 is 28.6 Å². The van der Waals surface area contributed by atoms with Gasteiger partial charge in [0.2, 0.25) is 11.8 Å². The van der Waals surface area contributed by atoms with Crippen molar-refractivity contribution in [3.63, 3.8) is 0 Å². The predicted octanol–water partition coefficient (Wildman–Crippen LogP) is -0.0272. The zero-order valence-electron chi connectivity index (χ0n) is 11.5. The molecule has 2 aliphatic rings. The summed E-state index contributed by atoms with van der Waals surface area (Å²) in [6, 6.07) is 2.10. The molecule has 1 spiro atoms. The molecule has 2 rings (SSSR count). The summed E-state index contributed by atoms with van der Waals surface area (Å²) in [6.07, 6.45) is 3.13. The van der Waals surface area contributed by atoms with Crippen LogP contribution in [0.2, 0.25) is 0 Å². The molecule has 2 amide bonds. The fourth-order valence-electron chi connectivity index (χ4n) is 3.24. The van der Waals surface area contributed by atoms with Crippen LogP contribution < -0.4 is 17.2 Å². The van der Waals surface area contributed by atoms with Gasteiger partial charge in [0.15, 0.2) is 0 Å². The molecule has 0 aromatic carbocycles. The van der Waals surface area contributed by atoms with Crippen LogP contribution in [0.15, 0.2) is 16.4 Å². The van der Waals surface area contributed by atoms with Gasteiger partial charge in [-0.25, -0.2) is 4.99 Å².